The fraction of sp³-hybridized carbons (Fsp3) is 0.167. The maximum Gasteiger partial charge on any atom is 0.324 e. The standard InChI is InChI=1S/C12H15N5O/c1-17-6-5-11(16-17)15-12(18)14-10-4-2-3-9(7-10)8-13/h2-7H,8,13H2,1H3,(H2,14,15,16,18). The van der Waals surface area contributed by atoms with Crippen LogP contribution in [0.5, 0.6) is 0 Å². The van der Waals surface area contributed by atoms with Crippen molar-refractivity contribution in [2.45, 2.75) is 6.54 Å². The van der Waals surface area contributed by atoms with Gasteiger partial charge in [0.2, 0.25) is 0 Å². The van der Waals surface area contributed by atoms with Crippen LogP contribution in [0.2, 0.25) is 0 Å². The van der Waals surface area contributed by atoms with Crippen LogP contribution in [0.15, 0.2) is 36.5 Å². The second-order valence-corrected chi connectivity index (χ2v) is 3.86. The van der Waals surface area contributed by atoms with Crippen LogP contribution in [0.1, 0.15) is 5.56 Å². The summed E-state index contributed by atoms with van der Waals surface area (Å²) in [6.07, 6.45) is 1.75. The van der Waals surface area contributed by atoms with Crippen LogP contribution in [0.4, 0.5) is 16.3 Å². The van der Waals surface area contributed by atoms with Gasteiger partial charge in [0.1, 0.15) is 0 Å². The van der Waals surface area contributed by atoms with Crippen molar-refractivity contribution in [1.82, 2.24) is 9.78 Å². The monoisotopic (exact) mass is 245 g/mol. The van der Waals surface area contributed by atoms with E-state index in [1.165, 1.54) is 0 Å². The number of aromatic nitrogens is 2. The van der Waals surface area contributed by atoms with E-state index in [9.17, 15) is 4.79 Å². The fourth-order valence-electron chi connectivity index (χ4n) is 1.54. The number of aryl methyl sites for hydroxylation is 1. The summed E-state index contributed by atoms with van der Waals surface area (Å²) in [5.41, 5.74) is 7.20. The Kier molecular flexibility index (Phi) is 3.59. The number of anilines is 2. The first kappa shape index (κ1) is 12.1. The molecule has 18 heavy (non-hydrogen) atoms. The van der Waals surface area contributed by atoms with Gasteiger partial charge in [0.05, 0.1) is 0 Å². The largest absolute Gasteiger partial charge is 0.326 e. The topological polar surface area (TPSA) is 85.0 Å². The molecule has 2 rings (SSSR count). The van der Waals surface area contributed by atoms with Gasteiger partial charge in [0.15, 0.2) is 5.82 Å². The van der Waals surface area contributed by atoms with Crippen LogP contribution in [-0.4, -0.2) is 15.8 Å². The summed E-state index contributed by atoms with van der Waals surface area (Å²) in [5.74, 6) is 0.505. The lowest BCUT2D eigenvalue weighted by Gasteiger charge is -2.06. The number of urea groups is 1. The molecule has 0 saturated heterocycles. The normalized spacial score (nSPS) is 10.1. The van der Waals surface area contributed by atoms with Crippen LogP contribution in [-0.2, 0) is 13.6 Å². The number of nitrogens with one attached hydrogen (secondary N) is 2. The summed E-state index contributed by atoms with van der Waals surface area (Å²) >= 11 is 0. The third-order valence-electron chi connectivity index (χ3n) is 2.38. The molecular formula is C12H15N5O. The highest BCUT2D eigenvalue weighted by Gasteiger charge is 2.04. The summed E-state index contributed by atoms with van der Waals surface area (Å²) in [7, 11) is 1.79. The number of amides is 2. The highest BCUT2D eigenvalue weighted by molar-refractivity contribution is 5.99. The van der Waals surface area contributed by atoms with Gasteiger partial charge in [-0.2, -0.15) is 5.10 Å². The number of nitrogens with two attached hydrogens (primary N) is 1. The zero-order valence-corrected chi connectivity index (χ0v) is 10.1. The fourth-order valence-corrected chi connectivity index (χ4v) is 1.54. The average Bonchev–Trinajstić information content (AvgIpc) is 2.74. The molecule has 6 heteroatoms. The maximum absolute atomic E-state index is 11.7. The Bertz CT molecular complexity index is 549. The molecule has 1 aromatic carbocycles. The first-order valence-electron chi connectivity index (χ1n) is 5.54. The summed E-state index contributed by atoms with van der Waals surface area (Å²) in [6, 6.07) is 8.77. The Balaban J connectivity index is 1.98. The van der Waals surface area contributed by atoms with Gasteiger partial charge in [0.25, 0.3) is 0 Å². The highest BCUT2D eigenvalue weighted by atomic mass is 16.2. The lowest BCUT2D eigenvalue weighted by molar-refractivity contribution is 0.262. The molecule has 94 valence electrons. The number of nitrogens with zero attached hydrogens (tertiary/aromatic N) is 2. The molecule has 1 aromatic heterocycles. The predicted molar refractivity (Wildman–Crippen MR) is 70.2 cm³/mol. The van der Waals surface area contributed by atoms with E-state index in [4.69, 9.17) is 5.73 Å². The van der Waals surface area contributed by atoms with Gasteiger partial charge >= 0.3 is 6.03 Å². The smallest absolute Gasteiger partial charge is 0.324 e. The van der Waals surface area contributed by atoms with Gasteiger partial charge in [0, 0.05) is 31.5 Å². The molecule has 1 heterocycles. The number of benzene rings is 1. The van der Waals surface area contributed by atoms with E-state index in [-0.39, 0.29) is 6.03 Å². The van der Waals surface area contributed by atoms with E-state index in [0.29, 0.717) is 18.1 Å². The van der Waals surface area contributed by atoms with Crippen molar-refractivity contribution in [3.05, 3.63) is 42.1 Å². The average molecular weight is 245 g/mol. The van der Waals surface area contributed by atoms with Crippen molar-refractivity contribution in [3.63, 3.8) is 0 Å². The predicted octanol–water partition coefficient (Wildman–Crippen LogP) is 1.52. The van der Waals surface area contributed by atoms with E-state index in [0.717, 1.165) is 5.56 Å². The molecule has 6 nitrogen and oxygen atoms in total. The van der Waals surface area contributed by atoms with Crippen LogP contribution >= 0.6 is 0 Å². The summed E-state index contributed by atoms with van der Waals surface area (Å²) < 4.78 is 1.62. The molecule has 0 bridgehead atoms. The SMILES string of the molecule is Cn1ccc(NC(=O)Nc2cccc(CN)c2)n1. The molecule has 0 saturated carbocycles. The molecule has 0 radical (unpaired) electrons. The van der Waals surface area contributed by atoms with Crippen LogP contribution in [0.25, 0.3) is 0 Å². The Morgan fingerprint density at radius 3 is 2.89 bits per heavy atom. The van der Waals surface area contributed by atoms with Gasteiger partial charge in [-0.1, -0.05) is 12.1 Å². The zero-order valence-electron chi connectivity index (χ0n) is 10.1. The first-order valence-corrected chi connectivity index (χ1v) is 5.54. The molecule has 0 unspecified atom stereocenters. The Hall–Kier alpha value is -2.34. The van der Waals surface area contributed by atoms with Gasteiger partial charge < -0.3 is 11.1 Å². The number of carbonyl (C=O) groups excluding carboxylic acids is 1. The van der Waals surface area contributed by atoms with E-state index in [1.54, 1.807) is 30.1 Å². The molecule has 2 amide bonds. The molecule has 0 aliphatic carbocycles. The molecule has 0 aliphatic heterocycles. The van der Waals surface area contributed by atoms with Gasteiger partial charge in [-0.3, -0.25) is 10.00 Å². The quantitative estimate of drug-likeness (QED) is 0.766. The summed E-state index contributed by atoms with van der Waals surface area (Å²) in [4.78, 5) is 11.7. The highest BCUT2D eigenvalue weighted by Crippen LogP contribution is 2.10. The van der Waals surface area contributed by atoms with Gasteiger partial charge in [-0.05, 0) is 17.7 Å². The number of rotatable bonds is 3. The zero-order chi connectivity index (χ0) is 13.0. The molecule has 2 aromatic rings. The van der Waals surface area contributed by atoms with Crippen molar-refractivity contribution in [1.29, 1.82) is 0 Å². The summed E-state index contributed by atoms with van der Waals surface area (Å²) in [5, 5.41) is 9.41. The van der Waals surface area contributed by atoms with Crippen LogP contribution in [0, 0.1) is 0 Å². The maximum atomic E-state index is 11.7. The van der Waals surface area contributed by atoms with Crippen molar-refractivity contribution in [3.8, 4) is 0 Å². The van der Waals surface area contributed by atoms with Crippen molar-refractivity contribution >= 4 is 17.5 Å². The lowest BCUT2D eigenvalue weighted by atomic mass is 10.2. The number of carbonyl (C=O) groups is 1. The third-order valence-corrected chi connectivity index (χ3v) is 2.38. The second-order valence-electron chi connectivity index (χ2n) is 3.86. The van der Waals surface area contributed by atoms with Gasteiger partial charge in [-0.25, -0.2) is 4.79 Å². The second kappa shape index (κ2) is 5.33. The van der Waals surface area contributed by atoms with E-state index < -0.39 is 0 Å². The summed E-state index contributed by atoms with van der Waals surface area (Å²) in [6.45, 7) is 0.442. The van der Waals surface area contributed by atoms with E-state index >= 15 is 0 Å². The lowest BCUT2D eigenvalue weighted by Crippen LogP contribution is -2.20. The Morgan fingerprint density at radius 2 is 2.22 bits per heavy atom. The van der Waals surface area contributed by atoms with Crippen molar-refractivity contribution in [2.24, 2.45) is 12.8 Å². The molecular weight excluding hydrogens is 230 g/mol. The van der Waals surface area contributed by atoms with Crippen LogP contribution < -0.4 is 16.4 Å². The number of hydrogen-bond donors (Lipinski definition) is 3. The van der Waals surface area contributed by atoms with Crippen molar-refractivity contribution in [2.75, 3.05) is 10.6 Å². The van der Waals surface area contributed by atoms with E-state index in [1.807, 2.05) is 18.2 Å². The van der Waals surface area contributed by atoms with E-state index in [2.05, 4.69) is 15.7 Å². The van der Waals surface area contributed by atoms with Crippen molar-refractivity contribution < 1.29 is 4.79 Å². The molecule has 0 spiro atoms. The molecule has 0 atom stereocenters. The minimum absolute atomic E-state index is 0.331. The first-order chi connectivity index (χ1) is 8.67. The Labute approximate surface area is 105 Å². The molecule has 4 N–H and O–H groups in total. The minimum Gasteiger partial charge on any atom is -0.326 e. The van der Waals surface area contributed by atoms with Crippen LogP contribution in [0.3, 0.4) is 0 Å². The minimum atomic E-state index is -0.331. The molecule has 0 fully saturated rings. The Morgan fingerprint density at radius 1 is 1.39 bits per heavy atom. The van der Waals surface area contributed by atoms with Gasteiger partial charge in [-0.15, -0.1) is 0 Å². The number of hydrogen-bond acceptors (Lipinski definition) is 3. The third kappa shape index (κ3) is 3.08. The molecule has 0 aliphatic rings.